The topological polar surface area (TPSA) is 58.3 Å². The highest BCUT2D eigenvalue weighted by Crippen LogP contribution is 2.08. The van der Waals surface area contributed by atoms with Crippen molar-refractivity contribution < 1.29 is 5.11 Å². The number of rotatable bonds is 3. The standard InChI is InChI=1S/C6H14N2O/c7-6(1-2-9)5-3-8-4-5/h5-6,8-9H,1-4,7H2. The van der Waals surface area contributed by atoms with Crippen molar-refractivity contribution in [2.45, 2.75) is 12.5 Å². The van der Waals surface area contributed by atoms with Crippen LogP contribution in [-0.2, 0) is 0 Å². The van der Waals surface area contributed by atoms with E-state index < -0.39 is 0 Å². The molecule has 1 atom stereocenters. The van der Waals surface area contributed by atoms with E-state index in [1.54, 1.807) is 0 Å². The third-order valence-corrected chi connectivity index (χ3v) is 1.88. The normalized spacial score (nSPS) is 23.3. The van der Waals surface area contributed by atoms with Gasteiger partial charge in [0.05, 0.1) is 0 Å². The molecule has 1 aliphatic rings. The van der Waals surface area contributed by atoms with Crippen molar-refractivity contribution in [2.24, 2.45) is 11.7 Å². The second-order valence-electron chi connectivity index (χ2n) is 2.59. The first-order valence-electron chi connectivity index (χ1n) is 3.41. The zero-order chi connectivity index (χ0) is 6.69. The number of hydrogen-bond donors (Lipinski definition) is 3. The second kappa shape index (κ2) is 3.15. The summed E-state index contributed by atoms with van der Waals surface area (Å²) in [6.45, 7) is 2.28. The van der Waals surface area contributed by atoms with Gasteiger partial charge in [0.15, 0.2) is 0 Å². The molecule has 1 saturated heterocycles. The summed E-state index contributed by atoms with van der Waals surface area (Å²) in [5, 5.41) is 11.6. The molecular weight excluding hydrogens is 116 g/mol. The Labute approximate surface area is 55.2 Å². The van der Waals surface area contributed by atoms with E-state index in [1.165, 1.54) is 0 Å². The van der Waals surface area contributed by atoms with Gasteiger partial charge in [-0.1, -0.05) is 0 Å². The minimum absolute atomic E-state index is 0.205. The summed E-state index contributed by atoms with van der Waals surface area (Å²) in [5.74, 6) is 0.608. The highest BCUT2D eigenvalue weighted by molar-refractivity contribution is 4.83. The molecule has 1 rings (SSSR count). The lowest BCUT2D eigenvalue weighted by molar-refractivity contribution is 0.223. The maximum atomic E-state index is 8.50. The van der Waals surface area contributed by atoms with Crippen LogP contribution in [0.25, 0.3) is 0 Å². The molecular formula is C6H14N2O. The van der Waals surface area contributed by atoms with Crippen molar-refractivity contribution >= 4 is 0 Å². The number of nitrogens with one attached hydrogen (secondary N) is 1. The molecule has 1 aliphatic heterocycles. The molecule has 0 aromatic rings. The van der Waals surface area contributed by atoms with E-state index in [-0.39, 0.29) is 12.6 Å². The Bertz CT molecular complexity index is 83.1. The van der Waals surface area contributed by atoms with Crippen LogP contribution in [0.3, 0.4) is 0 Å². The Morgan fingerprint density at radius 3 is 2.67 bits per heavy atom. The predicted octanol–water partition coefficient (Wildman–Crippen LogP) is -1.08. The highest BCUT2D eigenvalue weighted by Gasteiger charge is 2.22. The van der Waals surface area contributed by atoms with Crippen LogP contribution in [0.15, 0.2) is 0 Å². The molecule has 0 aliphatic carbocycles. The van der Waals surface area contributed by atoms with Gasteiger partial charge < -0.3 is 16.2 Å². The molecule has 54 valence electrons. The Balaban J connectivity index is 2.08. The molecule has 0 saturated carbocycles. The van der Waals surface area contributed by atoms with Crippen LogP contribution >= 0.6 is 0 Å². The van der Waals surface area contributed by atoms with Crippen molar-refractivity contribution in [1.29, 1.82) is 0 Å². The van der Waals surface area contributed by atoms with E-state index in [2.05, 4.69) is 5.32 Å². The molecule has 1 fully saturated rings. The van der Waals surface area contributed by atoms with Crippen LogP contribution in [0.2, 0.25) is 0 Å². The van der Waals surface area contributed by atoms with Crippen LogP contribution in [-0.4, -0.2) is 30.8 Å². The van der Waals surface area contributed by atoms with Gasteiger partial charge in [-0.3, -0.25) is 0 Å². The Morgan fingerprint density at radius 1 is 1.67 bits per heavy atom. The van der Waals surface area contributed by atoms with Gasteiger partial charge in [0.2, 0.25) is 0 Å². The highest BCUT2D eigenvalue weighted by atomic mass is 16.3. The SMILES string of the molecule is NC(CCO)C1CNC1. The monoisotopic (exact) mass is 130 g/mol. The van der Waals surface area contributed by atoms with Crippen molar-refractivity contribution in [3.8, 4) is 0 Å². The van der Waals surface area contributed by atoms with E-state index >= 15 is 0 Å². The molecule has 0 aromatic heterocycles. The van der Waals surface area contributed by atoms with E-state index in [1.807, 2.05) is 0 Å². The summed E-state index contributed by atoms with van der Waals surface area (Å²) in [7, 11) is 0. The van der Waals surface area contributed by atoms with Gasteiger partial charge in [0.25, 0.3) is 0 Å². The van der Waals surface area contributed by atoms with Gasteiger partial charge in [-0.15, -0.1) is 0 Å². The van der Waals surface area contributed by atoms with Gasteiger partial charge in [-0.05, 0) is 12.3 Å². The van der Waals surface area contributed by atoms with E-state index in [9.17, 15) is 0 Å². The summed E-state index contributed by atoms with van der Waals surface area (Å²) in [4.78, 5) is 0. The number of hydrogen-bond acceptors (Lipinski definition) is 3. The van der Waals surface area contributed by atoms with Crippen LogP contribution < -0.4 is 11.1 Å². The van der Waals surface area contributed by atoms with E-state index in [0.717, 1.165) is 19.5 Å². The molecule has 0 aromatic carbocycles. The van der Waals surface area contributed by atoms with Crippen molar-refractivity contribution in [2.75, 3.05) is 19.7 Å². The Hall–Kier alpha value is -0.120. The van der Waals surface area contributed by atoms with Crippen LogP contribution in [0.5, 0.6) is 0 Å². The fourth-order valence-corrected chi connectivity index (χ4v) is 0.999. The maximum Gasteiger partial charge on any atom is 0.0445 e. The van der Waals surface area contributed by atoms with Gasteiger partial charge in [0.1, 0.15) is 0 Å². The molecule has 4 N–H and O–H groups in total. The lowest BCUT2D eigenvalue weighted by atomic mass is 9.93. The summed E-state index contributed by atoms with van der Waals surface area (Å²) in [6, 6.07) is 0.205. The summed E-state index contributed by atoms with van der Waals surface area (Å²) >= 11 is 0. The lowest BCUT2D eigenvalue weighted by Gasteiger charge is -2.31. The molecule has 3 nitrogen and oxygen atoms in total. The smallest absolute Gasteiger partial charge is 0.0445 e. The van der Waals surface area contributed by atoms with E-state index in [0.29, 0.717) is 5.92 Å². The average Bonchev–Trinajstić information content (AvgIpc) is 1.60. The fraction of sp³-hybridized carbons (Fsp3) is 1.00. The van der Waals surface area contributed by atoms with Gasteiger partial charge >= 0.3 is 0 Å². The number of aliphatic hydroxyl groups is 1. The molecule has 1 heterocycles. The van der Waals surface area contributed by atoms with Gasteiger partial charge in [-0.25, -0.2) is 0 Å². The summed E-state index contributed by atoms with van der Waals surface area (Å²) < 4.78 is 0. The molecule has 0 bridgehead atoms. The average molecular weight is 130 g/mol. The zero-order valence-electron chi connectivity index (χ0n) is 5.51. The maximum absolute atomic E-state index is 8.50. The largest absolute Gasteiger partial charge is 0.396 e. The second-order valence-corrected chi connectivity index (χ2v) is 2.59. The minimum Gasteiger partial charge on any atom is -0.396 e. The van der Waals surface area contributed by atoms with E-state index in [4.69, 9.17) is 10.8 Å². The Morgan fingerprint density at radius 2 is 2.33 bits per heavy atom. The van der Waals surface area contributed by atoms with Crippen molar-refractivity contribution in [1.82, 2.24) is 5.32 Å². The zero-order valence-corrected chi connectivity index (χ0v) is 5.51. The summed E-state index contributed by atoms with van der Waals surface area (Å²) in [5.41, 5.74) is 5.69. The predicted molar refractivity (Wildman–Crippen MR) is 36.0 cm³/mol. The van der Waals surface area contributed by atoms with Crippen LogP contribution in [0.1, 0.15) is 6.42 Å². The third kappa shape index (κ3) is 1.64. The van der Waals surface area contributed by atoms with Gasteiger partial charge in [-0.2, -0.15) is 0 Å². The van der Waals surface area contributed by atoms with Gasteiger partial charge in [0, 0.05) is 25.7 Å². The van der Waals surface area contributed by atoms with Crippen molar-refractivity contribution in [3.05, 3.63) is 0 Å². The minimum atomic E-state index is 0.205. The molecule has 0 amide bonds. The fourth-order valence-electron chi connectivity index (χ4n) is 0.999. The molecule has 0 radical (unpaired) electrons. The van der Waals surface area contributed by atoms with Crippen LogP contribution in [0.4, 0.5) is 0 Å². The molecule has 9 heavy (non-hydrogen) atoms. The number of aliphatic hydroxyl groups excluding tert-OH is 1. The quantitative estimate of drug-likeness (QED) is 0.455. The summed E-state index contributed by atoms with van der Waals surface area (Å²) in [6.07, 6.45) is 0.742. The Kier molecular flexibility index (Phi) is 2.45. The first-order chi connectivity index (χ1) is 4.34. The molecule has 1 unspecified atom stereocenters. The first kappa shape index (κ1) is 6.99. The lowest BCUT2D eigenvalue weighted by Crippen LogP contribution is -2.51. The number of nitrogens with two attached hydrogens (primary N) is 1. The molecule has 0 spiro atoms. The third-order valence-electron chi connectivity index (χ3n) is 1.88. The van der Waals surface area contributed by atoms with Crippen molar-refractivity contribution in [3.63, 3.8) is 0 Å². The first-order valence-corrected chi connectivity index (χ1v) is 3.41. The molecule has 3 heteroatoms. The van der Waals surface area contributed by atoms with Crippen LogP contribution in [0, 0.1) is 5.92 Å².